The highest BCUT2D eigenvalue weighted by Crippen LogP contribution is 2.55. The van der Waals surface area contributed by atoms with Crippen LogP contribution >= 0.6 is 0 Å². The highest BCUT2D eigenvalue weighted by atomic mass is 16.3. The molecule has 2 aliphatic rings. The van der Waals surface area contributed by atoms with Gasteiger partial charge in [0.2, 0.25) is 0 Å². The topological polar surface area (TPSA) is 26.3 Å². The van der Waals surface area contributed by atoms with Gasteiger partial charge in [-0.15, -0.1) is 0 Å². The molecule has 46 heavy (non-hydrogen) atoms. The number of aryl methyl sites for hydroxylation is 4. The highest BCUT2D eigenvalue weighted by molar-refractivity contribution is 6.42. The Morgan fingerprint density at radius 1 is 0.304 bits per heavy atom. The maximum Gasteiger partial charge on any atom is 0.136 e. The Bertz CT molecular complexity index is 3050. The van der Waals surface area contributed by atoms with Gasteiger partial charge in [-0.25, -0.2) is 0 Å². The van der Waals surface area contributed by atoms with Gasteiger partial charge in [-0.2, -0.15) is 0 Å². The van der Waals surface area contributed by atoms with Gasteiger partial charge in [-0.05, 0) is 151 Å². The van der Waals surface area contributed by atoms with Gasteiger partial charge in [0.25, 0.3) is 0 Å². The molecule has 2 heteroatoms. The first kappa shape index (κ1) is 23.7. The summed E-state index contributed by atoms with van der Waals surface area (Å²) in [6.07, 6.45) is 0. The normalized spacial score (nSPS) is 13.2. The molecule has 0 amide bonds. The van der Waals surface area contributed by atoms with Crippen molar-refractivity contribution in [3.63, 3.8) is 0 Å². The first-order valence-corrected chi connectivity index (χ1v) is 16.2. The van der Waals surface area contributed by atoms with E-state index in [1.165, 1.54) is 97.7 Å². The molecule has 0 aromatic heterocycles. The second-order valence-electron chi connectivity index (χ2n) is 13.7. The van der Waals surface area contributed by atoms with Gasteiger partial charge in [-0.3, -0.25) is 0 Å². The Labute approximate surface area is 262 Å². The van der Waals surface area contributed by atoms with Gasteiger partial charge in [0.1, 0.15) is 22.3 Å². The fraction of sp³-hybridized carbons (Fsp3) is 0.0909. The van der Waals surface area contributed by atoms with Crippen LogP contribution in [-0.4, -0.2) is 0 Å². The summed E-state index contributed by atoms with van der Waals surface area (Å²) in [5.41, 5.74) is 11.2. The molecule has 2 nitrogen and oxygen atoms in total. The lowest BCUT2D eigenvalue weighted by Crippen LogP contribution is -1.99. The predicted molar refractivity (Wildman–Crippen MR) is 195 cm³/mol. The molecule has 214 valence electrons. The van der Waals surface area contributed by atoms with Gasteiger partial charge < -0.3 is 8.83 Å². The molecular formula is C44H26O2. The van der Waals surface area contributed by atoms with E-state index in [0.29, 0.717) is 0 Å². The molecule has 0 bridgehead atoms. The molecule has 2 aliphatic heterocycles. The Hall–Kier alpha value is -5.60. The number of fused-ring (bicyclic) bond motifs is 4. The van der Waals surface area contributed by atoms with Crippen molar-refractivity contribution in [2.45, 2.75) is 27.7 Å². The van der Waals surface area contributed by atoms with E-state index in [1.807, 2.05) is 0 Å². The van der Waals surface area contributed by atoms with Crippen LogP contribution in [0.1, 0.15) is 22.3 Å². The van der Waals surface area contributed by atoms with Crippen molar-refractivity contribution in [1.82, 2.24) is 0 Å². The molecular weight excluding hydrogens is 560 g/mol. The SMILES string of the molecule is Cc1cc(C)c2c3cc4oc5ccc6c7cccc8c(C)cc(C)c(c9cc%10oc%11ccc(c%12cccc1c%122)c3c%11c4-c%10c5c69)c87. The van der Waals surface area contributed by atoms with Crippen molar-refractivity contribution in [2.24, 2.45) is 0 Å². The molecule has 0 saturated heterocycles. The zero-order chi connectivity index (χ0) is 30.3. The molecule has 0 radical (unpaired) electrons. The monoisotopic (exact) mass is 586 g/mol. The number of rotatable bonds is 0. The zero-order valence-corrected chi connectivity index (χ0v) is 25.9. The summed E-state index contributed by atoms with van der Waals surface area (Å²) in [5.74, 6) is 0. The Kier molecular flexibility index (Phi) is 3.84. The van der Waals surface area contributed by atoms with E-state index in [1.54, 1.807) is 0 Å². The van der Waals surface area contributed by atoms with Crippen LogP contribution in [0.3, 0.4) is 0 Å². The summed E-state index contributed by atoms with van der Waals surface area (Å²) in [4.78, 5) is 0. The maximum atomic E-state index is 7.03. The number of hydrogen-bond acceptors (Lipinski definition) is 2. The number of benzene rings is 10. The van der Waals surface area contributed by atoms with E-state index < -0.39 is 0 Å². The molecule has 10 aromatic rings. The first-order chi connectivity index (χ1) is 22.5. The third kappa shape index (κ3) is 2.44. The van der Waals surface area contributed by atoms with Gasteiger partial charge in [0, 0.05) is 32.7 Å². The molecule has 0 unspecified atom stereocenters. The van der Waals surface area contributed by atoms with Crippen LogP contribution in [0.25, 0.3) is 120 Å². The molecule has 0 atom stereocenters. The second kappa shape index (κ2) is 7.43. The molecule has 10 aromatic carbocycles. The summed E-state index contributed by atoms with van der Waals surface area (Å²) in [6.45, 7) is 8.95. The van der Waals surface area contributed by atoms with E-state index in [0.717, 1.165) is 44.2 Å². The fourth-order valence-electron chi connectivity index (χ4n) is 9.72. The Morgan fingerprint density at radius 3 is 1.15 bits per heavy atom. The Morgan fingerprint density at radius 2 is 0.696 bits per heavy atom. The minimum atomic E-state index is 0.904. The quantitative estimate of drug-likeness (QED) is 0.130. The van der Waals surface area contributed by atoms with Crippen LogP contribution in [-0.2, 0) is 0 Å². The van der Waals surface area contributed by atoms with Gasteiger partial charge in [0.05, 0.1) is 0 Å². The van der Waals surface area contributed by atoms with Crippen molar-refractivity contribution < 1.29 is 8.83 Å². The third-order valence-corrected chi connectivity index (χ3v) is 11.4. The Balaban J connectivity index is 1.40. The molecule has 0 fully saturated rings. The highest BCUT2D eigenvalue weighted by Gasteiger charge is 2.30. The van der Waals surface area contributed by atoms with Crippen molar-refractivity contribution >= 4 is 109 Å². The van der Waals surface area contributed by atoms with Crippen LogP contribution in [0.2, 0.25) is 0 Å². The van der Waals surface area contributed by atoms with Crippen molar-refractivity contribution in [1.29, 1.82) is 0 Å². The summed E-state index contributed by atoms with van der Waals surface area (Å²) in [7, 11) is 0. The van der Waals surface area contributed by atoms with E-state index in [4.69, 9.17) is 8.83 Å². The summed E-state index contributed by atoms with van der Waals surface area (Å²) < 4.78 is 14.1. The molecule has 0 aliphatic carbocycles. The first-order valence-electron chi connectivity index (χ1n) is 16.2. The van der Waals surface area contributed by atoms with Gasteiger partial charge in [0.15, 0.2) is 0 Å². The average molecular weight is 587 g/mol. The lowest BCUT2D eigenvalue weighted by Gasteiger charge is -2.25. The fourth-order valence-corrected chi connectivity index (χ4v) is 9.72. The molecule has 12 rings (SSSR count). The largest absolute Gasteiger partial charge is 0.456 e. The summed E-state index contributed by atoms with van der Waals surface area (Å²) >= 11 is 0. The lowest BCUT2D eigenvalue weighted by atomic mass is 9.81. The molecule has 2 heterocycles. The lowest BCUT2D eigenvalue weighted by molar-refractivity contribution is 0.647. The molecule has 0 saturated carbocycles. The average Bonchev–Trinajstić information content (AvgIpc) is 3.06. The van der Waals surface area contributed by atoms with E-state index in [2.05, 4.69) is 113 Å². The zero-order valence-electron chi connectivity index (χ0n) is 25.9. The standard InChI is InChI=1S/C44H26O2/c1-19-15-21(3)35-29-17-33-43-41-31(13-11-27(39(29)41)25-9-5-7-23(19)37(25)35)46-34-18-30-36-22(4)16-20(2)24-8-6-10-26(38(24)36)28-12-14-32(45-33)42(40(28)30)44(34)43/h5-18H,1-4H3. The van der Waals surface area contributed by atoms with E-state index in [-0.39, 0.29) is 0 Å². The van der Waals surface area contributed by atoms with Gasteiger partial charge in [-0.1, -0.05) is 48.5 Å². The smallest absolute Gasteiger partial charge is 0.136 e. The summed E-state index contributed by atoms with van der Waals surface area (Å²) in [6, 6.07) is 31.7. The minimum Gasteiger partial charge on any atom is -0.456 e. The van der Waals surface area contributed by atoms with Crippen LogP contribution in [0.5, 0.6) is 0 Å². The predicted octanol–water partition coefficient (Wildman–Crippen LogP) is 13.1. The molecule has 0 spiro atoms. The van der Waals surface area contributed by atoms with E-state index >= 15 is 0 Å². The summed E-state index contributed by atoms with van der Waals surface area (Å²) in [5, 5.41) is 20.4. The second-order valence-corrected chi connectivity index (χ2v) is 13.7. The number of hydrogen-bond donors (Lipinski definition) is 0. The van der Waals surface area contributed by atoms with Crippen LogP contribution < -0.4 is 0 Å². The minimum absolute atomic E-state index is 0.904. The van der Waals surface area contributed by atoms with Crippen molar-refractivity contribution in [2.75, 3.05) is 0 Å². The van der Waals surface area contributed by atoms with Crippen molar-refractivity contribution in [3.05, 3.63) is 107 Å². The van der Waals surface area contributed by atoms with Crippen molar-refractivity contribution in [3.8, 4) is 11.1 Å². The third-order valence-electron chi connectivity index (χ3n) is 11.4. The van der Waals surface area contributed by atoms with E-state index in [9.17, 15) is 0 Å². The van der Waals surface area contributed by atoms with Crippen LogP contribution in [0.15, 0.2) is 93.8 Å². The van der Waals surface area contributed by atoms with Crippen LogP contribution in [0.4, 0.5) is 0 Å². The van der Waals surface area contributed by atoms with Gasteiger partial charge >= 0.3 is 0 Å². The maximum absolute atomic E-state index is 7.03. The van der Waals surface area contributed by atoms with Crippen LogP contribution in [0, 0.1) is 27.7 Å². The molecule has 0 N–H and O–H groups in total.